The van der Waals surface area contributed by atoms with E-state index in [2.05, 4.69) is 25.6 Å². The first-order valence-corrected chi connectivity index (χ1v) is 9.33. The molecule has 2 aromatic heterocycles. The first-order chi connectivity index (χ1) is 14.5. The van der Waals surface area contributed by atoms with Crippen LogP contribution in [0.25, 0.3) is 5.82 Å². The number of carbonyl (C=O) groups excluding carboxylic acids is 1. The molecule has 2 heterocycles. The molecule has 9 heteroatoms. The largest absolute Gasteiger partial charge is 0.340 e. The Morgan fingerprint density at radius 3 is 2.50 bits per heavy atom. The minimum atomic E-state index is -0.497. The molecule has 1 amide bonds. The maximum atomic E-state index is 13.1. The van der Waals surface area contributed by atoms with Gasteiger partial charge in [-0.3, -0.25) is 9.36 Å². The molecule has 0 atom stereocenters. The highest BCUT2D eigenvalue weighted by molar-refractivity contribution is 6.34. The minimum absolute atomic E-state index is 0.0541. The second-order valence-electron chi connectivity index (χ2n) is 6.39. The van der Waals surface area contributed by atoms with Crippen LogP contribution in [0.5, 0.6) is 0 Å². The second kappa shape index (κ2) is 8.30. The third kappa shape index (κ3) is 4.28. The normalized spacial score (nSPS) is 10.6. The van der Waals surface area contributed by atoms with Crippen molar-refractivity contribution >= 4 is 34.7 Å². The molecule has 4 rings (SSSR count). The Kier molecular flexibility index (Phi) is 5.40. The van der Waals surface area contributed by atoms with Gasteiger partial charge in [-0.2, -0.15) is 0 Å². The average Bonchev–Trinajstić information content (AvgIpc) is 3.15. The molecular weight excluding hydrogens is 407 g/mol. The highest BCUT2D eigenvalue weighted by atomic mass is 35.5. The van der Waals surface area contributed by atoms with E-state index in [4.69, 9.17) is 11.6 Å². The maximum Gasteiger partial charge on any atom is 0.257 e. The fourth-order valence-corrected chi connectivity index (χ4v) is 3.08. The number of rotatable bonds is 5. The molecule has 4 aromatic rings. The lowest BCUT2D eigenvalue weighted by Crippen LogP contribution is -2.12. The molecule has 0 aliphatic carbocycles. The summed E-state index contributed by atoms with van der Waals surface area (Å²) >= 11 is 5.94. The smallest absolute Gasteiger partial charge is 0.257 e. The highest BCUT2D eigenvalue weighted by Gasteiger charge is 2.11. The molecule has 0 aliphatic rings. The van der Waals surface area contributed by atoms with Gasteiger partial charge in [0.1, 0.15) is 29.6 Å². The van der Waals surface area contributed by atoms with Crippen molar-refractivity contribution in [2.24, 2.45) is 0 Å². The van der Waals surface area contributed by atoms with E-state index in [1.807, 2.05) is 17.7 Å². The molecule has 2 aromatic carbocycles. The van der Waals surface area contributed by atoms with Crippen molar-refractivity contribution in [1.29, 1.82) is 0 Å². The number of nitrogens with zero attached hydrogens (tertiary/aromatic N) is 4. The van der Waals surface area contributed by atoms with Crippen LogP contribution in [0.15, 0.2) is 67.3 Å². The van der Waals surface area contributed by atoms with Crippen LogP contribution in [-0.4, -0.2) is 25.4 Å². The van der Waals surface area contributed by atoms with Crippen molar-refractivity contribution in [2.45, 2.75) is 6.92 Å². The number of anilines is 3. The SMILES string of the molecule is Cc1nccn1-c1cc(Nc2ccc(NC(=O)c3ccc(F)cc3Cl)cc2)ncn1. The van der Waals surface area contributed by atoms with Crippen molar-refractivity contribution in [3.8, 4) is 5.82 Å². The van der Waals surface area contributed by atoms with Crippen LogP contribution in [0, 0.1) is 12.7 Å². The molecule has 0 unspecified atom stereocenters. The third-order valence-electron chi connectivity index (χ3n) is 4.32. The zero-order valence-electron chi connectivity index (χ0n) is 15.8. The Morgan fingerprint density at radius 2 is 1.80 bits per heavy atom. The Morgan fingerprint density at radius 1 is 1.03 bits per heavy atom. The number of benzene rings is 2. The fourth-order valence-electron chi connectivity index (χ4n) is 2.82. The number of carbonyl (C=O) groups is 1. The Balaban J connectivity index is 1.45. The van der Waals surface area contributed by atoms with Gasteiger partial charge in [-0.25, -0.2) is 19.3 Å². The van der Waals surface area contributed by atoms with E-state index < -0.39 is 11.7 Å². The predicted octanol–water partition coefficient (Wildman–Crippen LogP) is 4.76. The Hall–Kier alpha value is -3.78. The lowest BCUT2D eigenvalue weighted by Gasteiger charge is -2.10. The van der Waals surface area contributed by atoms with E-state index in [1.54, 1.807) is 36.5 Å². The van der Waals surface area contributed by atoms with Gasteiger partial charge >= 0.3 is 0 Å². The molecule has 0 aliphatic heterocycles. The number of amides is 1. The number of nitrogens with one attached hydrogen (secondary N) is 2. The molecule has 2 N–H and O–H groups in total. The van der Waals surface area contributed by atoms with E-state index >= 15 is 0 Å². The lowest BCUT2D eigenvalue weighted by molar-refractivity contribution is 0.102. The molecule has 0 bridgehead atoms. The summed E-state index contributed by atoms with van der Waals surface area (Å²) in [5.41, 5.74) is 1.55. The minimum Gasteiger partial charge on any atom is -0.340 e. The van der Waals surface area contributed by atoms with Gasteiger partial charge in [-0.1, -0.05) is 11.6 Å². The van der Waals surface area contributed by atoms with Crippen LogP contribution in [0.2, 0.25) is 5.02 Å². The number of imidazole rings is 1. The summed E-state index contributed by atoms with van der Waals surface area (Å²) in [7, 11) is 0. The highest BCUT2D eigenvalue weighted by Crippen LogP contribution is 2.21. The van der Waals surface area contributed by atoms with Crippen LogP contribution in [-0.2, 0) is 0 Å². The van der Waals surface area contributed by atoms with Gasteiger partial charge in [0.05, 0.1) is 10.6 Å². The summed E-state index contributed by atoms with van der Waals surface area (Å²) in [6, 6.07) is 12.5. The Labute approximate surface area is 176 Å². The summed E-state index contributed by atoms with van der Waals surface area (Å²) in [5, 5.41) is 5.98. The number of halogens is 2. The lowest BCUT2D eigenvalue weighted by atomic mass is 10.2. The van der Waals surface area contributed by atoms with Crippen molar-refractivity contribution < 1.29 is 9.18 Å². The molecule has 0 saturated heterocycles. The summed E-state index contributed by atoms with van der Waals surface area (Å²) in [6.07, 6.45) is 5.00. The van der Waals surface area contributed by atoms with Crippen molar-refractivity contribution in [1.82, 2.24) is 19.5 Å². The van der Waals surface area contributed by atoms with E-state index in [0.717, 1.165) is 17.6 Å². The van der Waals surface area contributed by atoms with Gasteiger partial charge in [0.2, 0.25) is 0 Å². The first kappa shape index (κ1) is 19.5. The van der Waals surface area contributed by atoms with Crippen molar-refractivity contribution in [3.05, 3.63) is 89.5 Å². The van der Waals surface area contributed by atoms with E-state index in [1.165, 1.54) is 18.5 Å². The van der Waals surface area contributed by atoms with Crippen LogP contribution in [0.4, 0.5) is 21.6 Å². The summed E-state index contributed by atoms with van der Waals surface area (Å²) in [4.78, 5) is 25.0. The van der Waals surface area contributed by atoms with Crippen molar-refractivity contribution in [3.63, 3.8) is 0 Å². The quantitative estimate of drug-likeness (QED) is 0.484. The standard InChI is InChI=1S/C21H16ClFN6O/c1-13-24-8-9-29(13)20-11-19(25-12-26-20)27-15-3-5-16(6-4-15)28-21(30)17-7-2-14(23)10-18(17)22/h2-12H,1H3,(H,28,30)(H,25,26,27). The van der Waals surface area contributed by atoms with Gasteiger partial charge in [-0.05, 0) is 49.4 Å². The van der Waals surface area contributed by atoms with E-state index in [9.17, 15) is 9.18 Å². The van der Waals surface area contributed by atoms with Gasteiger partial charge in [0.15, 0.2) is 0 Å². The summed E-state index contributed by atoms with van der Waals surface area (Å²) < 4.78 is 15.0. The third-order valence-corrected chi connectivity index (χ3v) is 4.63. The van der Waals surface area contributed by atoms with Crippen LogP contribution >= 0.6 is 11.6 Å². The second-order valence-corrected chi connectivity index (χ2v) is 6.79. The molecule has 0 fully saturated rings. The Bertz CT molecular complexity index is 1210. The fraction of sp³-hybridized carbons (Fsp3) is 0.0476. The monoisotopic (exact) mass is 422 g/mol. The van der Waals surface area contributed by atoms with Crippen molar-refractivity contribution in [2.75, 3.05) is 10.6 Å². The molecule has 30 heavy (non-hydrogen) atoms. The molecule has 150 valence electrons. The van der Waals surface area contributed by atoms with Gasteiger partial charge in [0, 0.05) is 29.8 Å². The molecule has 7 nitrogen and oxygen atoms in total. The van der Waals surface area contributed by atoms with Crippen LogP contribution in [0.1, 0.15) is 16.2 Å². The number of aryl methyl sites for hydroxylation is 1. The summed E-state index contributed by atoms with van der Waals surface area (Å²) in [5.74, 6) is 1.21. The molecule has 0 spiro atoms. The topological polar surface area (TPSA) is 84.7 Å². The number of aromatic nitrogens is 4. The van der Waals surface area contributed by atoms with E-state index in [-0.39, 0.29) is 10.6 Å². The van der Waals surface area contributed by atoms with Crippen LogP contribution < -0.4 is 10.6 Å². The van der Waals surface area contributed by atoms with Gasteiger partial charge in [-0.15, -0.1) is 0 Å². The van der Waals surface area contributed by atoms with Gasteiger partial charge in [0.25, 0.3) is 5.91 Å². The first-order valence-electron chi connectivity index (χ1n) is 8.95. The van der Waals surface area contributed by atoms with Crippen LogP contribution in [0.3, 0.4) is 0 Å². The summed E-state index contributed by atoms with van der Waals surface area (Å²) in [6.45, 7) is 1.89. The zero-order chi connectivity index (χ0) is 21.1. The molecule has 0 saturated carbocycles. The van der Waals surface area contributed by atoms with E-state index in [0.29, 0.717) is 17.3 Å². The number of hydrogen-bond donors (Lipinski definition) is 2. The van der Waals surface area contributed by atoms with Gasteiger partial charge < -0.3 is 10.6 Å². The predicted molar refractivity (Wildman–Crippen MR) is 113 cm³/mol. The number of hydrogen-bond acceptors (Lipinski definition) is 5. The maximum absolute atomic E-state index is 13.1. The molecule has 0 radical (unpaired) electrons. The zero-order valence-corrected chi connectivity index (χ0v) is 16.6. The average molecular weight is 423 g/mol. The molecular formula is C21H16ClFN6O.